The molecule has 1 aromatic carbocycles. The fourth-order valence-corrected chi connectivity index (χ4v) is 2.44. The molecule has 0 aromatic heterocycles. The fourth-order valence-electron chi connectivity index (χ4n) is 2.44. The Kier molecular flexibility index (Phi) is 3.74. The second-order valence-electron chi connectivity index (χ2n) is 5.42. The number of likely N-dealkylation sites (tertiary alicyclic amines) is 1. The van der Waals surface area contributed by atoms with Gasteiger partial charge in [0, 0.05) is 36.8 Å². The van der Waals surface area contributed by atoms with Crippen LogP contribution in [0.25, 0.3) is 0 Å². The molecule has 0 radical (unpaired) electrons. The highest BCUT2D eigenvalue weighted by Gasteiger charge is 2.32. The average molecular weight is 279 g/mol. The minimum absolute atomic E-state index is 0.118. The summed E-state index contributed by atoms with van der Waals surface area (Å²) in [5, 5.41) is 21.0. The first-order valence-electron chi connectivity index (χ1n) is 6.30. The Balaban J connectivity index is 2.23. The lowest BCUT2D eigenvalue weighted by Crippen LogP contribution is -2.29. The summed E-state index contributed by atoms with van der Waals surface area (Å²) in [7, 11) is 0. The van der Waals surface area contributed by atoms with Crippen LogP contribution in [0.3, 0.4) is 0 Å². The number of primary amides is 1. The molecule has 1 saturated heterocycles. The number of rotatable bonds is 4. The third kappa shape index (κ3) is 3.12. The van der Waals surface area contributed by atoms with Gasteiger partial charge in [0.2, 0.25) is 5.91 Å². The molecule has 1 heterocycles. The van der Waals surface area contributed by atoms with Crippen molar-refractivity contribution in [1.82, 2.24) is 4.90 Å². The molecule has 2 rings (SSSR count). The summed E-state index contributed by atoms with van der Waals surface area (Å²) >= 11 is 0. The third-order valence-corrected chi connectivity index (χ3v) is 3.49. The second-order valence-corrected chi connectivity index (χ2v) is 5.42. The van der Waals surface area contributed by atoms with Crippen molar-refractivity contribution in [3.8, 4) is 0 Å². The topological polar surface area (TPSA) is 110 Å². The molecule has 0 saturated carbocycles. The highest BCUT2D eigenvalue weighted by atomic mass is 16.6. The van der Waals surface area contributed by atoms with Crippen LogP contribution in [0.4, 0.5) is 5.69 Å². The molecular weight excluding hydrogens is 262 g/mol. The number of nitro groups is 1. The Bertz CT molecular complexity index is 557. The minimum atomic E-state index is -0.748. The van der Waals surface area contributed by atoms with E-state index in [2.05, 4.69) is 0 Å². The monoisotopic (exact) mass is 279 g/mol. The zero-order valence-electron chi connectivity index (χ0n) is 11.2. The molecule has 1 atom stereocenters. The first-order valence-corrected chi connectivity index (χ1v) is 6.30. The molecule has 0 bridgehead atoms. The number of carbonyl (C=O) groups is 1. The number of nitro benzene ring substituents is 1. The van der Waals surface area contributed by atoms with Crippen molar-refractivity contribution in [3.05, 3.63) is 39.4 Å². The van der Waals surface area contributed by atoms with Gasteiger partial charge in [-0.2, -0.15) is 0 Å². The smallest absolute Gasteiger partial charge is 0.274 e. The van der Waals surface area contributed by atoms with Gasteiger partial charge in [0.1, 0.15) is 0 Å². The highest BCUT2D eigenvalue weighted by Crippen LogP contribution is 2.26. The number of carbonyl (C=O) groups excluding carboxylic acids is 1. The van der Waals surface area contributed by atoms with Crippen LogP contribution >= 0.6 is 0 Å². The summed E-state index contributed by atoms with van der Waals surface area (Å²) in [6.45, 7) is 3.27. The van der Waals surface area contributed by atoms with Gasteiger partial charge in [0.15, 0.2) is 0 Å². The Morgan fingerprint density at radius 2 is 2.30 bits per heavy atom. The summed E-state index contributed by atoms with van der Waals surface area (Å²) in [6, 6.07) is 4.23. The van der Waals surface area contributed by atoms with Crippen LogP contribution in [0, 0.1) is 10.1 Å². The molecule has 1 unspecified atom stereocenters. The third-order valence-electron chi connectivity index (χ3n) is 3.49. The Morgan fingerprint density at radius 3 is 2.80 bits per heavy atom. The first kappa shape index (κ1) is 14.4. The Hall–Kier alpha value is -1.99. The van der Waals surface area contributed by atoms with Crippen LogP contribution in [-0.4, -0.2) is 39.5 Å². The molecule has 1 fully saturated rings. The normalized spacial score (nSPS) is 22.9. The van der Waals surface area contributed by atoms with Gasteiger partial charge in [-0.1, -0.05) is 6.07 Å². The van der Waals surface area contributed by atoms with Crippen LogP contribution in [-0.2, 0) is 6.54 Å². The van der Waals surface area contributed by atoms with Crippen LogP contribution in [0.1, 0.15) is 29.3 Å². The van der Waals surface area contributed by atoms with Gasteiger partial charge in [-0.05, 0) is 19.4 Å². The van der Waals surface area contributed by atoms with Gasteiger partial charge in [0.25, 0.3) is 5.69 Å². The molecule has 1 aliphatic rings. The standard InChI is InChI=1S/C13H17N3O4/c1-13(18)4-5-15(8-13)7-10-3-2-9(12(14)17)6-11(10)16(19)20/h2-3,6,18H,4-5,7-8H2,1H3,(H2,14,17). The summed E-state index contributed by atoms with van der Waals surface area (Å²) in [5.41, 5.74) is 4.89. The summed E-state index contributed by atoms with van der Waals surface area (Å²) in [4.78, 5) is 23.6. The van der Waals surface area contributed by atoms with E-state index in [9.17, 15) is 20.0 Å². The van der Waals surface area contributed by atoms with Gasteiger partial charge in [-0.25, -0.2) is 0 Å². The molecular formula is C13H17N3O4. The molecule has 1 aromatic rings. The first-order chi connectivity index (χ1) is 9.28. The predicted octanol–water partition coefficient (Wildman–Crippen LogP) is 0.650. The Morgan fingerprint density at radius 1 is 1.60 bits per heavy atom. The van der Waals surface area contributed by atoms with E-state index in [1.165, 1.54) is 12.1 Å². The number of β-amino-alcohol motifs (C(OH)–C–C–N with tert-alkyl or cyclic N) is 1. The summed E-state index contributed by atoms with van der Waals surface area (Å²) < 4.78 is 0. The second kappa shape index (κ2) is 5.18. The SMILES string of the molecule is CC1(O)CCN(Cc2ccc(C(N)=O)cc2[N+](=O)[O-])C1. The van der Waals surface area contributed by atoms with Crippen LogP contribution < -0.4 is 5.73 Å². The van der Waals surface area contributed by atoms with Crippen LogP contribution in [0.15, 0.2) is 18.2 Å². The Labute approximate surface area is 116 Å². The molecule has 3 N–H and O–H groups in total. The van der Waals surface area contributed by atoms with Crippen molar-refractivity contribution in [2.75, 3.05) is 13.1 Å². The summed E-state index contributed by atoms with van der Waals surface area (Å²) in [5.74, 6) is -0.691. The molecule has 20 heavy (non-hydrogen) atoms. The van der Waals surface area contributed by atoms with Gasteiger partial charge in [-0.3, -0.25) is 19.8 Å². The lowest BCUT2D eigenvalue weighted by Gasteiger charge is -2.18. The van der Waals surface area contributed by atoms with E-state index in [1.54, 1.807) is 13.0 Å². The number of nitrogens with zero attached hydrogens (tertiary/aromatic N) is 2. The van der Waals surface area contributed by atoms with E-state index in [4.69, 9.17) is 5.73 Å². The quantitative estimate of drug-likeness (QED) is 0.621. The van der Waals surface area contributed by atoms with Crippen molar-refractivity contribution in [2.24, 2.45) is 5.73 Å². The van der Waals surface area contributed by atoms with Crippen molar-refractivity contribution < 1.29 is 14.8 Å². The maximum Gasteiger partial charge on any atom is 0.274 e. The largest absolute Gasteiger partial charge is 0.389 e. The van der Waals surface area contributed by atoms with Crippen molar-refractivity contribution in [2.45, 2.75) is 25.5 Å². The molecule has 7 heteroatoms. The fraction of sp³-hybridized carbons (Fsp3) is 0.462. The number of aliphatic hydroxyl groups is 1. The van der Waals surface area contributed by atoms with Crippen LogP contribution in [0.2, 0.25) is 0 Å². The van der Waals surface area contributed by atoms with E-state index < -0.39 is 16.4 Å². The molecule has 0 spiro atoms. The highest BCUT2D eigenvalue weighted by molar-refractivity contribution is 5.93. The van der Waals surface area contributed by atoms with Gasteiger partial charge >= 0.3 is 0 Å². The molecule has 1 aliphatic heterocycles. The van der Waals surface area contributed by atoms with Gasteiger partial charge < -0.3 is 10.8 Å². The number of hydrogen-bond acceptors (Lipinski definition) is 5. The van der Waals surface area contributed by atoms with Crippen LogP contribution in [0.5, 0.6) is 0 Å². The van der Waals surface area contributed by atoms with E-state index in [0.717, 1.165) is 0 Å². The van der Waals surface area contributed by atoms with Crippen molar-refractivity contribution in [1.29, 1.82) is 0 Å². The summed E-state index contributed by atoms with van der Waals surface area (Å²) in [6.07, 6.45) is 0.639. The molecule has 0 aliphatic carbocycles. The lowest BCUT2D eigenvalue weighted by molar-refractivity contribution is -0.385. The number of nitrogens with two attached hydrogens (primary N) is 1. The maximum atomic E-state index is 11.1. The van der Waals surface area contributed by atoms with Crippen molar-refractivity contribution in [3.63, 3.8) is 0 Å². The van der Waals surface area contributed by atoms with E-state index >= 15 is 0 Å². The number of benzene rings is 1. The van der Waals surface area contributed by atoms with E-state index in [-0.39, 0.29) is 11.3 Å². The van der Waals surface area contributed by atoms with Gasteiger partial charge in [-0.15, -0.1) is 0 Å². The number of amides is 1. The van der Waals surface area contributed by atoms with E-state index in [0.29, 0.717) is 31.6 Å². The predicted molar refractivity (Wildman–Crippen MR) is 72.1 cm³/mol. The molecule has 1 amide bonds. The zero-order valence-corrected chi connectivity index (χ0v) is 11.2. The average Bonchev–Trinajstić information content (AvgIpc) is 2.68. The minimum Gasteiger partial charge on any atom is -0.389 e. The van der Waals surface area contributed by atoms with Crippen molar-refractivity contribution >= 4 is 11.6 Å². The molecule has 108 valence electrons. The molecule has 7 nitrogen and oxygen atoms in total. The van der Waals surface area contributed by atoms with Gasteiger partial charge in [0.05, 0.1) is 10.5 Å². The van der Waals surface area contributed by atoms with E-state index in [1.807, 2.05) is 4.90 Å². The zero-order chi connectivity index (χ0) is 14.9. The number of hydrogen-bond donors (Lipinski definition) is 2. The lowest BCUT2D eigenvalue weighted by atomic mass is 10.1. The maximum absolute atomic E-state index is 11.1.